The summed E-state index contributed by atoms with van der Waals surface area (Å²) in [5.74, 6) is 0.258. The summed E-state index contributed by atoms with van der Waals surface area (Å²) in [5, 5.41) is 10.00. The Balaban J connectivity index is 2.27. The summed E-state index contributed by atoms with van der Waals surface area (Å²) in [6.07, 6.45) is 0.261. The Labute approximate surface area is 129 Å². The van der Waals surface area contributed by atoms with Crippen molar-refractivity contribution in [2.45, 2.75) is 26.1 Å². The molecular formula is C14H18ClNO3S. The maximum Gasteiger partial charge on any atom is 0.176 e. The zero-order valence-electron chi connectivity index (χ0n) is 11.7. The van der Waals surface area contributed by atoms with E-state index >= 15 is 0 Å². The normalized spacial score (nSPS) is 22.7. The van der Waals surface area contributed by atoms with Gasteiger partial charge in [-0.05, 0) is 26.0 Å². The Bertz CT molecular complexity index is 513. The smallest absolute Gasteiger partial charge is 0.176 e. The minimum Gasteiger partial charge on any atom is -0.503 e. The predicted octanol–water partition coefficient (Wildman–Crippen LogP) is 2.84. The zero-order chi connectivity index (χ0) is 14.9. The van der Waals surface area contributed by atoms with Crippen LogP contribution in [0.3, 0.4) is 0 Å². The van der Waals surface area contributed by atoms with Gasteiger partial charge in [0.2, 0.25) is 0 Å². The molecule has 0 amide bonds. The average molecular weight is 316 g/mol. The molecule has 1 saturated heterocycles. The van der Waals surface area contributed by atoms with Gasteiger partial charge in [-0.3, -0.25) is 0 Å². The molecule has 4 nitrogen and oxygen atoms in total. The third-order valence-electron chi connectivity index (χ3n) is 3.20. The molecule has 0 radical (unpaired) electrons. The molecule has 0 spiro atoms. The molecule has 20 heavy (non-hydrogen) atoms. The van der Waals surface area contributed by atoms with Crippen molar-refractivity contribution < 1.29 is 14.6 Å². The number of benzene rings is 1. The van der Waals surface area contributed by atoms with E-state index < -0.39 is 0 Å². The highest BCUT2D eigenvalue weighted by Crippen LogP contribution is 2.35. The molecule has 1 N–H and O–H groups in total. The maximum atomic E-state index is 9.76. The summed E-state index contributed by atoms with van der Waals surface area (Å²) in [6.45, 7) is 5.53. The molecule has 0 aromatic heterocycles. The molecule has 1 heterocycles. The molecule has 0 saturated carbocycles. The SMILES string of the molecule is COc1cc(C(=S)N2C[C@H](C)O[C@@H](C)C2)cc(Cl)c1O. The van der Waals surface area contributed by atoms with Crippen molar-refractivity contribution >= 4 is 28.8 Å². The Morgan fingerprint density at radius 3 is 2.55 bits per heavy atom. The van der Waals surface area contributed by atoms with Gasteiger partial charge in [-0.1, -0.05) is 23.8 Å². The van der Waals surface area contributed by atoms with Crippen LogP contribution in [0, 0.1) is 0 Å². The van der Waals surface area contributed by atoms with Gasteiger partial charge in [0.25, 0.3) is 0 Å². The van der Waals surface area contributed by atoms with Crippen molar-refractivity contribution in [2.75, 3.05) is 20.2 Å². The number of rotatable bonds is 2. The molecule has 1 aromatic carbocycles. The lowest BCUT2D eigenvalue weighted by molar-refractivity contribution is -0.0472. The highest BCUT2D eigenvalue weighted by molar-refractivity contribution is 7.80. The molecule has 0 unspecified atom stereocenters. The van der Waals surface area contributed by atoms with Crippen LogP contribution in [-0.2, 0) is 4.74 Å². The fourth-order valence-corrected chi connectivity index (χ4v) is 2.86. The van der Waals surface area contributed by atoms with Crippen LogP contribution < -0.4 is 4.74 Å². The van der Waals surface area contributed by atoms with E-state index in [2.05, 4.69) is 4.90 Å². The summed E-state index contributed by atoms with van der Waals surface area (Å²) in [4.78, 5) is 2.78. The first kappa shape index (κ1) is 15.4. The third-order valence-corrected chi connectivity index (χ3v) is 3.98. The quantitative estimate of drug-likeness (QED) is 0.850. The number of aromatic hydroxyl groups is 1. The van der Waals surface area contributed by atoms with Gasteiger partial charge in [0.05, 0.1) is 24.3 Å². The van der Waals surface area contributed by atoms with E-state index in [1.54, 1.807) is 12.1 Å². The fraction of sp³-hybridized carbons (Fsp3) is 0.500. The third kappa shape index (κ3) is 3.16. The van der Waals surface area contributed by atoms with Gasteiger partial charge in [-0.25, -0.2) is 0 Å². The van der Waals surface area contributed by atoms with Gasteiger partial charge < -0.3 is 19.5 Å². The molecule has 1 fully saturated rings. The Kier molecular flexibility index (Phi) is 4.73. The lowest BCUT2D eigenvalue weighted by Crippen LogP contribution is -2.47. The lowest BCUT2D eigenvalue weighted by atomic mass is 10.1. The second kappa shape index (κ2) is 6.16. The molecule has 1 aliphatic heterocycles. The van der Waals surface area contributed by atoms with Crippen molar-refractivity contribution in [3.63, 3.8) is 0 Å². The monoisotopic (exact) mass is 315 g/mol. The van der Waals surface area contributed by atoms with E-state index in [0.29, 0.717) is 10.7 Å². The minimum atomic E-state index is -0.0653. The van der Waals surface area contributed by atoms with Gasteiger partial charge in [0.1, 0.15) is 4.99 Å². The summed E-state index contributed by atoms with van der Waals surface area (Å²) in [5.41, 5.74) is 0.765. The molecule has 1 aromatic rings. The van der Waals surface area contributed by atoms with E-state index in [0.717, 1.165) is 18.7 Å². The van der Waals surface area contributed by atoms with Crippen LogP contribution in [0.1, 0.15) is 19.4 Å². The van der Waals surface area contributed by atoms with Crippen molar-refractivity contribution in [2.24, 2.45) is 0 Å². The molecule has 110 valence electrons. The first-order valence-electron chi connectivity index (χ1n) is 6.43. The molecule has 2 atom stereocenters. The van der Waals surface area contributed by atoms with Gasteiger partial charge >= 0.3 is 0 Å². The standard InChI is InChI=1S/C14H18ClNO3S/c1-8-6-16(7-9(2)19-8)14(20)10-4-11(15)13(17)12(5-10)18-3/h4-5,8-9,17H,6-7H2,1-3H3/t8-,9-/m0/s1. The van der Waals surface area contributed by atoms with Crippen molar-refractivity contribution in [1.82, 2.24) is 4.90 Å². The van der Waals surface area contributed by atoms with Crippen molar-refractivity contribution in [1.29, 1.82) is 0 Å². The number of phenolic OH excluding ortho intramolecular Hbond substituents is 1. The van der Waals surface area contributed by atoms with Crippen LogP contribution in [0.4, 0.5) is 0 Å². The molecule has 0 bridgehead atoms. The van der Waals surface area contributed by atoms with Crippen LogP contribution in [0.15, 0.2) is 12.1 Å². The van der Waals surface area contributed by atoms with Gasteiger partial charge in [-0.2, -0.15) is 0 Å². The number of hydrogen-bond acceptors (Lipinski definition) is 4. The second-order valence-electron chi connectivity index (χ2n) is 4.98. The summed E-state index contributed by atoms with van der Waals surface area (Å²) in [7, 11) is 1.48. The van der Waals surface area contributed by atoms with E-state index in [-0.39, 0.29) is 23.0 Å². The number of morpholine rings is 1. The number of thiocarbonyl (C=S) groups is 1. The number of nitrogens with zero attached hydrogens (tertiary/aromatic N) is 1. The van der Waals surface area contributed by atoms with Gasteiger partial charge in [0.15, 0.2) is 11.5 Å². The summed E-state index contributed by atoms with van der Waals surface area (Å²) in [6, 6.07) is 3.36. The molecule has 2 rings (SSSR count). The fourth-order valence-electron chi connectivity index (χ4n) is 2.38. The Morgan fingerprint density at radius 1 is 1.40 bits per heavy atom. The number of phenols is 1. The molecular weight excluding hydrogens is 298 g/mol. The second-order valence-corrected chi connectivity index (χ2v) is 5.77. The van der Waals surface area contributed by atoms with E-state index in [9.17, 15) is 5.11 Å². The predicted molar refractivity (Wildman–Crippen MR) is 83.0 cm³/mol. The van der Waals surface area contributed by atoms with Crippen LogP contribution in [0.2, 0.25) is 5.02 Å². The largest absolute Gasteiger partial charge is 0.503 e. The summed E-state index contributed by atoms with van der Waals surface area (Å²) < 4.78 is 10.8. The lowest BCUT2D eigenvalue weighted by Gasteiger charge is -2.37. The topological polar surface area (TPSA) is 41.9 Å². The number of halogens is 1. The highest BCUT2D eigenvalue weighted by Gasteiger charge is 2.25. The Hall–Kier alpha value is -1.04. The first-order valence-corrected chi connectivity index (χ1v) is 7.22. The number of ether oxygens (including phenoxy) is 2. The van der Waals surface area contributed by atoms with E-state index in [1.807, 2.05) is 13.8 Å². The maximum absolute atomic E-state index is 9.76. The zero-order valence-corrected chi connectivity index (χ0v) is 13.3. The van der Waals surface area contributed by atoms with E-state index in [1.165, 1.54) is 7.11 Å². The first-order chi connectivity index (χ1) is 9.42. The van der Waals surface area contributed by atoms with Crippen LogP contribution in [0.5, 0.6) is 11.5 Å². The average Bonchev–Trinajstić information content (AvgIpc) is 2.39. The van der Waals surface area contributed by atoms with Crippen LogP contribution >= 0.6 is 23.8 Å². The van der Waals surface area contributed by atoms with Crippen molar-refractivity contribution in [3.05, 3.63) is 22.7 Å². The van der Waals surface area contributed by atoms with Crippen molar-refractivity contribution in [3.8, 4) is 11.5 Å². The van der Waals surface area contributed by atoms with Gasteiger partial charge in [-0.15, -0.1) is 0 Å². The molecule has 1 aliphatic rings. The number of hydrogen-bond donors (Lipinski definition) is 1. The molecule has 0 aliphatic carbocycles. The minimum absolute atomic E-state index is 0.0653. The molecule has 6 heteroatoms. The summed E-state index contributed by atoms with van der Waals surface area (Å²) >= 11 is 11.5. The van der Waals surface area contributed by atoms with Crippen LogP contribution in [-0.4, -0.2) is 47.4 Å². The van der Waals surface area contributed by atoms with E-state index in [4.69, 9.17) is 33.3 Å². The highest BCUT2D eigenvalue weighted by atomic mass is 35.5. The number of methoxy groups -OCH3 is 1. The van der Waals surface area contributed by atoms with Crippen LogP contribution in [0.25, 0.3) is 0 Å². The Morgan fingerprint density at radius 2 is 2.00 bits per heavy atom. The van der Waals surface area contributed by atoms with Gasteiger partial charge in [0, 0.05) is 18.7 Å².